The van der Waals surface area contributed by atoms with Gasteiger partial charge in [0, 0.05) is 12.5 Å². The first kappa shape index (κ1) is 9.61. The highest BCUT2D eigenvalue weighted by Gasteiger charge is 2.19. The molecule has 0 aromatic rings. The molecule has 1 N–H and O–H groups in total. The van der Waals surface area contributed by atoms with E-state index in [1.807, 2.05) is 0 Å². The Labute approximate surface area is 75.9 Å². The molecule has 1 heteroatoms. The zero-order chi connectivity index (χ0) is 8.65. The number of unbranched alkanes of at least 4 members (excludes halogenated alkanes) is 4. The summed E-state index contributed by atoms with van der Waals surface area (Å²) in [5.74, 6) is 2.67. The molecular weight excluding hydrogens is 146 g/mol. The third-order valence-corrected chi connectivity index (χ3v) is 2.26. The largest absolute Gasteiger partial charge is 0.314 e. The van der Waals surface area contributed by atoms with Gasteiger partial charge >= 0.3 is 0 Å². The maximum atomic E-state index is 5.16. The molecular formula is C11H19N. The number of hydrogen-bond donors (Lipinski definition) is 1. The number of rotatable bonds is 7. The van der Waals surface area contributed by atoms with Crippen LogP contribution in [0.25, 0.3) is 0 Å². The molecule has 0 aromatic heterocycles. The van der Waals surface area contributed by atoms with E-state index in [-0.39, 0.29) is 0 Å². The fourth-order valence-corrected chi connectivity index (χ4v) is 1.30. The molecule has 0 unspecified atom stereocenters. The Kier molecular flexibility index (Phi) is 4.87. The fourth-order valence-electron chi connectivity index (χ4n) is 1.30. The van der Waals surface area contributed by atoms with Crippen molar-refractivity contribution in [2.24, 2.45) is 0 Å². The molecule has 0 radical (unpaired) electrons. The van der Waals surface area contributed by atoms with Crippen molar-refractivity contribution in [1.82, 2.24) is 5.32 Å². The summed E-state index contributed by atoms with van der Waals surface area (Å²) in [6.45, 7) is 1.21. The van der Waals surface area contributed by atoms with Gasteiger partial charge < -0.3 is 5.32 Å². The topological polar surface area (TPSA) is 12.0 Å². The molecule has 1 nitrogen and oxygen atoms in total. The summed E-state index contributed by atoms with van der Waals surface area (Å²) >= 11 is 0. The molecule has 68 valence electrons. The van der Waals surface area contributed by atoms with Gasteiger partial charge in [-0.05, 0) is 32.2 Å². The monoisotopic (exact) mass is 165 g/mol. The number of nitrogens with one attached hydrogen (secondary N) is 1. The van der Waals surface area contributed by atoms with Crippen LogP contribution in [0, 0.1) is 12.3 Å². The summed E-state index contributed by atoms with van der Waals surface area (Å²) in [5.41, 5.74) is 0. The smallest absolute Gasteiger partial charge is 0.00860 e. The van der Waals surface area contributed by atoms with E-state index in [1.54, 1.807) is 0 Å². The lowest BCUT2D eigenvalue weighted by Crippen LogP contribution is -2.17. The standard InChI is InChI=1S/C11H19N/c1-2-3-4-5-6-7-10-12-11-8-9-11/h1,11-12H,3-10H2. The second-order valence-corrected chi connectivity index (χ2v) is 3.60. The van der Waals surface area contributed by atoms with Crippen LogP contribution in [0.5, 0.6) is 0 Å². The molecule has 1 saturated carbocycles. The van der Waals surface area contributed by atoms with E-state index in [0.29, 0.717) is 0 Å². The Hall–Kier alpha value is -0.480. The average Bonchev–Trinajstić information content (AvgIpc) is 2.87. The molecule has 0 aromatic carbocycles. The van der Waals surface area contributed by atoms with Gasteiger partial charge in [-0.2, -0.15) is 0 Å². The van der Waals surface area contributed by atoms with E-state index in [2.05, 4.69) is 11.2 Å². The normalized spacial score (nSPS) is 15.9. The summed E-state index contributed by atoms with van der Waals surface area (Å²) in [5, 5.41) is 3.51. The van der Waals surface area contributed by atoms with Crippen molar-refractivity contribution in [3.63, 3.8) is 0 Å². The predicted octanol–water partition coefficient (Wildman–Crippen LogP) is 2.32. The molecule has 1 rings (SSSR count). The van der Waals surface area contributed by atoms with Crippen LogP contribution >= 0.6 is 0 Å². The number of hydrogen-bond acceptors (Lipinski definition) is 1. The van der Waals surface area contributed by atoms with Gasteiger partial charge in [0.2, 0.25) is 0 Å². The predicted molar refractivity (Wildman–Crippen MR) is 52.9 cm³/mol. The van der Waals surface area contributed by atoms with E-state index in [1.165, 1.54) is 45.1 Å². The van der Waals surface area contributed by atoms with Crippen molar-refractivity contribution < 1.29 is 0 Å². The maximum absolute atomic E-state index is 5.16. The van der Waals surface area contributed by atoms with E-state index in [4.69, 9.17) is 6.42 Å². The van der Waals surface area contributed by atoms with E-state index < -0.39 is 0 Å². The summed E-state index contributed by atoms with van der Waals surface area (Å²) in [4.78, 5) is 0. The Morgan fingerprint density at radius 2 is 1.92 bits per heavy atom. The zero-order valence-corrected chi connectivity index (χ0v) is 7.81. The quantitative estimate of drug-likeness (QED) is 0.451. The first-order valence-electron chi connectivity index (χ1n) is 5.10. The van der Waals surface area contributed by atoms with Crippen LogP contribution < -0.4 is 5.32 Å². The Balaban J connectivity index is 1.68. The van der Waals surface area contributed by atoms with Gasteiger partial charge in [-0.1, -0.05) is 12.8 Å². The minimum atomic E-state index is 0.871. The Morgan fingerprint density at radius 3 is 2.58 bits per heavy atom. The van der Waals surface area contributed by atoms with Crippen molar-refractivity contribution in [3.8, 4) is 12.3 Å². The molecule has 0 amide bonds. The van der Waals surface area contributed by atoms with E-state index in [0.717, 1.165) is 12.5 Å². The van der Waals surface area contributed by atoms with Crippen LogP contribution in [0.2, 0.25) is 0 Å². The lowest BCUT2D eigenvalue weighted by Gasteiger charge is -2.01. The molecule has 1 aliphatic rings. The molecule has 0 aliphatic heterocycles. The highest BCUT2D eigenvalue weighted by atomic mass is 14.9. The summed E-state index contributed by atoms with van der Waals surface area (Å²) in [6.07, 6.45) is 14.1. The Bertz CT molecular complexity index is 142. The van der Waals surface area contributed by atoms with Crippen LogP contribution in [0.1, 0.15) is 44.9 Å². The van der Waals surface area contributed by atoms with Crippen molar-refractivity contribution in [2.45, 2.75) is 51.0 Å². The number of terminal acetylenes is 1. The molecule has 1 aliphatic carbocycles. The molecule has 0 saturated heterocycles. The summed E-state index contributed by atoms with van der Waals surface area (Å²) in [7, 11) is 0. The Morgan fingerprint density at radius 1 is 1.17 bits per heavy atom. The van der Waals surface area contributed by atoms with Crippen molar-refractivity contribution in [3.05, 3.63) is 0 Å². The second-order valence-electron chi connectivity index (χ2n) is 3.60. The van der Waals surface area contributed by atoms with Gasteiger partial charge in [0.15, 0.2) is 0 Å². The third-order valence-electron chi connectivity index (χ3n) is 2.26. The van der Waals surface area contributed by atoms with Gasteiger partial charge in [0.25, 0.3) is 0 Å². The highest BCUT2D eigenvalue weighted by molar-refractivity contribution is 4.83. The third kappa shape index (κ3) is 5.21. The summed E-state index contributed by atoms with van der Waals surface area (Å²) < 4.78 is 0. The first-order valence-corrected chi connectivity index (χ1v) is 5.10. The molecule has 0 spiro atoms. The molecule has 0 atom stereocenters. The van der Waals surface area contributed by atoms with Crippen LogP contribution in [0.3, 0.4) is 0 Å². The van der Waals surface area contributed by atoms with Crippen molar-refractivity contribution >= 4 is 0 Å². The first-order chi connectivity index (χ1) is 5.93. The summed E-state index contributed by atoms with van der Waals surface area (Å²) in [6, 6.07) is 0.871. The van der Waals surface area contributed by atoms with E-state index >= 15 is 0 Å². The van der Waals surface area contributed by atoms with Gasteiger partial charge in [-0.15, -0.1) is 12.3 Å². The van der Waals surface area contributed by atoms with Crippen molar-refractivity contribution in [1.29, 1.82) is 0 Å². The van der Waals surface area contributed by atoms with E-state index in [9.17, 15) is 0 Å². The zero-order valence-electron chi connectivity index (χ0n) is 7.81. The lowest BCUT2D eigenvalue weighted by molar-refractivity contribution is 0.589. The van der Waals surface area contributed by atoms with Gasteiger partial charge in [0.1, 0.15) is 0 Å². The average molecular weight is 165 g/mol. The minimum Gasteiger partial charge on any atom is -0.314 e. The minimum absolute atomic E-state index is 0.871. The van der Waals surface area contributed by atoms with Crippen LogP contribution in [0.15, 0.2) is 0 Å². The van der Waals surface area contributed by atoms with Crippen molar-refractivity contribution in [2.75, 3.05) is 6.54 Å². The van der Waals surface area contributed by atoms with Crippen LogP contribution in [-0.2, 0) is 0 Å². The van der Waals surface area contributed by atoms with Crippen LogP contribution in [-0.4, -0.2) is 12.6 Å². The van der Waals surface area contributed by atoms with Gasteiger partial charge in [-0.3, -0.25) is 0 Å². The molecule has 0 heterocycles. The second kappa shape index (κ2) is 6.08. The van der Waals surface area contributed by atoms with Gasteiger partial charge in [-0.25, -0.2) is 0 Å². The highest BCUT2D eigenvalue weighted by Crippen LogP contribution is 2.18. The van der Waals surface area contributed by atoms with Gasteiger partial charge in [0.05, 0.1) is 0 Å². The molecule has 12 heavy (non-hydrogen) atoms. The van der Waals surface area contributed by atoms with Crippen LogP contribution in [0.4, 0.5) is 0 Å². The molecule has 0 bridgehead atoms. The maximum Gasteiger partial charge on any atom is 0.00860 e. The SMILES string of the molecule is C#CCCCCCCNC1CC1. The lowest BCUT2D eigenvalue weighted by atomic mass is 10.1. The molecule has 1 fully saturated rings. The fraction of sp³-hybridized carbons (Fsp3) is 0.818.